The van der Waals surface area contributed by atoms with Gasteiger partial charge in [-0.1, -0.05) is 66.4 Å². The first kappa shape index (κ1) is 27.9. The molecule has 0 atom stereocenters. The van der Waals surface area contributed by atoms with Crippen LogP contribution in [0.15, 0.2) is 108 Å². The molecule has 4 aromatic rings. The van der Waals surface area contributed by atoms with Gasteiger partial charge >= 0.3 is 0 Å². The number of anilines is 2. The fraction of sp³-hybridized carbons (Fsp3) is 0.0938. The van der Waals surface area contributed by atoms with Crippen LogP contribution in [-0.4, -0.2) is 29.3 Å². The number of amides is 2. The third-order valence-corrected chi connectivity index (χ3v) is 7.15. The number of thiocarbonyl (C=S) groups is 1. The Labute approximate surface area is 247 Å². The molecule has 0 saturated carbocycles. The molecule has 5 rings (SSSR count). The zero-order valence-electron chi connectivity index (χ0n) is 22.1. The molecular formula is C32H26N2O5S2. The number of carbonyl (C=O) groups excluding carboxylic acids is 2. The molecule has 4 aromatic carbocycles. The lowest BCUT2D eigenvalue weighted by atomic mass is 10.1. The van der Waals surface area contributed by atoms with Gasteiger partial charge in [-0.3, -0.25) is 14.5 Å². The second kappa shape index (κ2) is 13.2. The lowest BCUT2D eigenvalue weighted by Crippen LogP contribution is -2.27. The smallest absolute Gasteiger partial charge is 0.270 e. The topological polar surface area (TPSA) is 77.1 Å². The van der Waals surface area contributed by atoms with Gasteiger partial charge in [-0.2, -0.15) is 0 Å². The number of nitrogens with one attached hydrogen (secondary N) is 1. The van der Waals surface area contributed by atoms with E-state index >= 15 is 0 Å². The molecule has 1 saturated heterocycles. The molecule has 1 aliphatic heterocycles. The SMILES string of the molecule is CCOc1cc(/C=C2\SC(=S)N(c3ccc(Oc4ccccc4)cc3)C2=O)ccc1OCC(=O)Nc1ccccc1. The van der Waals surface area contributed by atoms with Gasteiger partial charge in [-0.05, 0) is 79.2 Å². The van der Waals surface area contributed by atoms with E-state index in [0.717, 1.165) is 11.3 Å². The van der Waals surface area contributed by atoms with Crippen molar-refractivity contribution in [1.82, 2.24) is 0 Å². The van der Waals surface area contributed by atoms with Gasteiger partial charge in [0.15, 0.2) is 22.4 Å². The molecule has 1 fully saturated rings. The first-order valence-corrected chi connectivity index (χ1v) is 14.1. The summed E-state index contributed by atoms with van der Waals surface area (Å²) in [7, 11) is 0. The maximum absolute atomic E-state index is 13.3. The predicted octanol–water partition coefficient (Wildman–Crippen LogP) is 7.30. The summed E-state index contributed by atoms with van der Waals surface area (Å²) in [5.41, 5.74) is 2.08. The van der Waals surface area contributed by atoms with Gasteiger partial charge in [0.2, 0.25) is 0 Å². The summed E-state index contributed by atoms with van der Waals surface area (Å²) in [5.74, 6) is 1.78. The highest BCUT2D eigenvalue weighted by Gasteiger charge is 2.33. The Bertz CT molecular complexity index is 1580. The van der Waals surface area contributed by atoms with Crippen molar-refractivity contribution in [1.29, 1.82) is 0 Å². The Morgan fingerprint density at radius 3 is 2.27 bits per heavy atom. The van der Waals surface area contributed by atoms with E-state index in [-0.39, 0.29) is 18.4 Å². The van der Waals surface area contributed by atoms with Gasteiger partial charge in [-0.15, -0.1) is 0 Å². The third-order valence-electron chi connectivity index (χ3n) is 5.85. The van der Waals surface area contributed by atoms with E-state index in [0.29, 0.717) is 44.5 Å². The molecule has 0 aliphatic carbocycles. The summed E-state index contributed by atoms with van der Waals surface area (Å²) < 4.78 is 17.8. The summed E-state index contributed by atoms with van der Waals surface area (Å²) in [5, 5.41) is 2.79. The molecule has 0 spiro atoms. The van der Waals surface area contributed by atoms with Crippen molar-refractivity contribution in [3.63, 3.8) is 0 Å². The van der Waals surface area contributed by atoms with E-state index < -0.39 is 0 Å². The van der Waals surface area contributed by atoms with Crippen molar-refractivity contribution in [3.05, 3.63) is 114 Å². The minimum Gasteiger partial charge on any atom is -0.490 e. The van der Waals surface area contributed by atoms with E-state index in [1.54, 1.807) is 60.7 Å². The fourth-order valence-electron chi connectivity index (χ4n) is 3.99. The standard InChI is InChI=1S/C32H26N2O5S2/c1-2-37-28-19-22(13-18-27(28)38-21-30(35)33-23-9-5-3-6-10-23)20-29-31(36)34(32(40)41-29)24-14-16-26(17-15-24)39-25-11-7-4-8-12-25/h3-20H,2,21H2,1H3,(H,33,35)/b29-20-. The lowest BCUT2D eigenvalue weighted by molar-refractivity contribution is -0.118. The van der Waals surface area contributed by atoms with Crippen LogP contribution in [0, 0.1) is 0 Å². The Morgan fingerprint density at radius 1 is 0.878 bits per heavy atom. The predicted molar refractivity (Wildman–Crippen MR) is 167 cm³/mol. The number of carbonyl (C=O) groups is 2. The quantitative estimate of drug-likeness (QED) is 0.155. The number of hydrogen-bond donors (Lipinski definition) is 1. The molecule has 1 heterocycles. The van der Waals surface area contributed by atoms with Crippen LogP contribution >= 0.6 is 24.0 Å². The normalized spacial score (nSPS) is 13.8. The molecule has 41 heavy (non-hydrogen) atoms. The number of rotatable bonds is 10. The Morgan fingerprint density at radius 2 is 1.56 bits per heavy atom. The summed E-state index contributed by atoms with van der Waals surface area (Å²) in [6, 6.07) is 31.1. The number of thioether (sulfide) groups is 1. The van der Waals surface area contributed by atoms with Crippen LogP contribution in [0.2, 0.25) is 0 Å². The fourth-order valence-corrected chi connectivity index (χ4v) is 5.29. The van der Waals surface area contributed by atoms with Crippen molar-refractivity contribution >= 4 is 57.6 Å². The number of nitrogens with zero attached hydrogens (tertiary/aromatic N) is 1. The molecule has 0 aromatic heterocycles. The molecule has 1 aliphatic rings. The van der Waals surface area contributed by atoms with Crippen LogP contribution in [0.1, 0.15) is 12.5 Å². The largest absolute Gasteiger partial charge is 0.490 e. The summed E-state index contributed by atoms with van der Waals surface area (Å²) >= 11 is 6.77. The summed E-state index contributed by atoms with van der Waals surface area (Å²) in [6.45, 7) is 2.09. The molecule has 2 amide bonds. The maximum Gasteiger partial charge on any atom is 0.270 e. The van der Waals surface area contributed by atoms with Crippen LogP contribution in [0.5, 0.6) is 23.0 Å². The zero-order chi connectivity index (χ0) is 28.6. The van der Waals surface area contributed by atoms with Gasteiger partial charge in [0.05, 0.1) is 17.2 Å². The highest BCUT2D eigenvalue weighted by atomic mass is 32.2. The van der Waals surface area contributed by atoms with E-state index in [9.17, 15) is 9.59 Å². The zero-order valence-corrected chi connectivity index (χ0v) is 23.7. The molecule has 9 heteroatoms. The molecule has 1 N–H and O–H groups in total. The van der Waals surface area contributed by atoms with E-state index in [1.807, 2.05) is 55.5 Å². The second-order valence-corrected chi connectivity index (χ2v) is 10.4. The van der Waals surface area contributed by atoms with Crippen molar-refractivity contribution in [3.8, 4) is 23.0 Å². The van der Waals surface area contributed by atoms with Gasteiger partial charge in [0.1, 0.15) is 11.5 Å². The minimum atomic E-state index is -0.286. The number of ether oxygens (including phenoxy) is 3. The minimum absolute atomic E-state index is 0.178. The van der Waals surface area contributed by atoms with E-state index in [2.05, 4.69) is 5.32 Å². The van der Waals surface area contributed by atoms with Crippen LogP contribution in [0.25, 0.3) is 6.08 Å². The molecule has 0 radical (unpaired) electrons. The second-order valence-electron chi connectivity index (χ2n) is 8.77. The highest BCUT2D eigenvalue weighted by Crippen LogP contribution is 2.38. The van der Waals surface area contributed by atoms with Crippen molar-refractivity contribution in [2.45, 2.75) is 6.92 Å². The van der Waals surface area contributed by atoms with Crippen LogP contribution < -0.4 is 24.4 Å². The van der Waals surface area contributed by atoms with Crippen molar-refractivity contribution < 1.29 is 23.8 Å². The number of para-hydroxylation sites is 2. The van der Waals surface area contributed by atoms with Gasteiger partial charge in [0, 0.05) is 5.69 Å². The van der Waals surface area contributed by atoms with E-state index in [1.165, 1.54) is 16.7 Å². The first-order valence-electron chi connectivity index (χ1n) is 12.9. The van der Waals surface area contributed by atoms with Crippen LogP contribution in [0.3, 0.4) is 0 Å². The molecule has 7 nitrogen and oxygen atoms in total. The van der Waals surface area contributed by atoms with Gasteiger partial charge in [-0.25, -0.2) is 0 Å². The molecule has 206 valence electrons. The molecule has 0 unspecified atom stereocenters. The Hall–Kier alpha value is -4.60. The maximum atomic E-state index is 13.3. The van der Waals surface area contributed by atoms with Crippen molar-refractivity contribution in [2.24, 2.45) is 0 Å². The lowest BCUT2D eigenvalue weighted by Gasteiger charge is -2.15. The molecule has 0 bridgehead atoms. The third kappa shape index (κ3) is 7.13. The number of benzene rings is 4. The van der Waals surface area contributed by atoms with Crippen molar-refractivity contribution in [2.75, 3.05) is 23.4 Å². The average molecular weight is 583 g/mol. The number of hydrogen-bond acceptors (Lipinski definition) is 7. The van der Waals surface area contributed by atoms with Gasteiger partial charge in [0.25, 0.3) is 11.8 Å². The monoisotopic (exact) mass is 582 g/mol. The Balaban J connectivity index is 1.26. The highest BCUT2D eigenvalue weighted by molar-refractivity contribution is 8.27. The Kier molecular flexibility index (Phi) is 8.98. The van der Waals surface area contributed by atoms with E-state index in [4.69, 9.17) is 26.4 Å². The van der Waals surface area contributed by atoms with Gasteiger partial charge < -0.3 is 19.5 Å². The average Bonchev–Trinajstić information content (AvgIpc) is 3.26. The van der Waals surface area contributed by atoms with Crippen LogP contribution in [0.4, 0.5) is 11.4 Å². The van der Waals surface area contributed by atoms with Crippen LogP contribution in [-0.2, 0) is 9.59 Å². The first-order chi connectivity index (χ1) is 20.0. The molecular weight excluding hydrogens is 556 g/mol. The summed E-state index contributed by atoms with van der Waals surface area (Å²) in [6.07, 6.45) is 1.76. The summed E-state index contributed by atoms with van der Waals surface area (Å²) in [4.78, 5) is 27.6.